The molecule has 0 radical (unpaired) electrons. The molecule has 35 heavy (non-hydrogen) atoms. The number of aryl methyl sites for hydroxylation is 1. The van der Waals surface area contributed by atoms with Crippen LogP contribution in [-0.2, 0) is 26.0 Å². The first-order valence-electron chi connectivity index (χ1n) is 10.4. The van der Waals surface area contributed by atoms with Gasteiger partial charge in [-0.3, -0.25) is 14.8 Å². The summed E-state index contributed by atoms with van der Waals surface area (Å²) in [4.78, 5) is 22.0. The van der Waals surface area contributed by atoms with Gasteiger partial charge in [-0.05, 0) is 54.8 Å². The van der Waals surface area contributed by atoms with Crippen molar-refractivity contribution in [3.8, 4) is 16.8 Å². The Bertz CT molecular complexity index is 1410. The maximum atomic E-state index is 12.2. The predicted molar refractivity (Wildman–Crippen MR) is 129 cm³/mol. The number of nitrogens with zero attached hydrogens (tertiary/aromatic N) is 4. The standard InChI is InChI=1S/C22H23N5O4S.CH2O2/c1-22(21(28)25-29,32(2,30)31)10-14-26-13-9-18-15-17(5-8-20(18)26)16-3-6-19(7-4-16)27-23-11-12-24-27;2-1-3/h3-9,11-13,15,29H,10,14H2,1-2H3,(H,25,28);1H,(H,2,3). The van der Waals surface area contributed by atoms with Gasteiger partial charge in [-0.25, -0.2) is 13.9 Å². The molecule has 4 aromatic rings. The molecule has 1 amide bonds. The largest absolute Gasteiger partial charge is 0.483 e. The van der Waals surface area contributed by atoms with Crippen LogP contribution in [0.5, 0.6) is 0 Å². The zero-order valence-corrected chi connectivity index (χ0v) is 19.9. The van der Waals surface area contributed by atoms with E-state index in [1.54, 1.807) is 17.2 Å². The van der Waals surface area contributed by atoms with E-state index in [1.165, 1.54) is 12.4 Å². The van der Waals surface area contributed by atoms with Crippen LogP contribution in [0, 0.1) is 0 Å². The summed E-state index contributed by atoms with van der Waals surface area (Å²) in [6, 6.07) is 15.9. The van der Waals surface area contributed by atoms with Crippen molar-refractivity contribution in [1.29, 1.82) is 0 Å². The Labute approximate surface area is 201 Å². The number of nitrogens with one attached hydrogen (secondary N) is 1. The van der Waals surface area contributed by atoms with Crippen molar-refractivity contribution in [2.45, 2.75) is 24.6 Å². The van der Waals surface area contributed by atoms with Gasteiger partial charge in [-0.1, -0.05) is 18.2 Å². The monoisotopic (exact) mass is 499 g/mol. The summed E-state index contributed by atoms with van der Waals surface area (Å²) in [5, 5.41) is 25.1. The fourth-order valence-corrected chi connectivity index (χ4v) is 4.47. The quantitative estimate of drug-likeness (QED) is 0.199. The molecule has 0 aliphatic heterocycles. The van der Waals surface area contributed by atoms with Crippen LogP contribution >= 0.6 is 0 Å². The lowest BCUT2D eigenvalue weighted by Gasteiger charge is -2.25. The van der Waals surface area contributed by atoms with Gasteiger partial charge in [0.15, 0.2) is 14.6 Å². The Hall–Kier alpha value is -4.03. The molecule has 0 saturated carbocycles. The molecule has 1 unspecified atom stereocenters. The minimum Gasteiger partial charge on any atom is -0.483 e. The maximum absolute atomic E-state index is 12.2. The van der Waals surface area contributed by atoms with Gasteiger partial charge in [0, 0.05) is 29.9 Å². The van der Waals surface area contributed by atoms with E-state index in [0.29, 0.717) is 6.54 Å². The number of hydrogen-bond acceptors (Lipinski definition) is 7. The van der Waals surface area contributed by atoms with Crippen LogP contribution in [-0.4, -0.2) is 61.7 Å². The Balaban J connectivity index is 0.00000108. The fourth-order valence-electron chi connectivity index (χ4n) is 3.63. The average Bonchev–Trinajstić information content (AvgIpc) is 3.52. The van der Waals surface area contributed by atoms with Crippen molar-refractivity contribution in [3.05, 3.63) is 67.1 Å². The number of rotatable bonds is 7. The third kappa shape index (κ3) is 5.39. The number of hydrogen-bond donors (Lipinski definition) is 3. The number of hydroxylamine groups is 1. The highest BCUT2D eigenvalue weighted by Crippen LogP contribution is 2.28. The fraction of sp³-hybridized carbons (Fsp3) is 0.217. The second-order valence-electron chi connectivity index (χ2n) is 7.95. The summed E-state index contributed by atoms with van der Waals surface area (Å²) >= 11 is 0. The number of fused-ring (bicyclic) bond motifs is 1. The Morgan fingerprint density at radius 2 is 1.69 bits per heavy atom. The molecule has 2 aromatic heterocycles. The molecule has 2 heterocycles. The van der Waals surface area contributed by atoms with Gasteiger partial charge in [0.25, 0.3) is 12.4 Å². The van der Waals surface area contributed by atoms with Crippen LogP contribution in [0.1, 0.15) is 13.3 Å². The highest BCUT2D eigenvalue weighted by Gasteiger charge is 2.43. The first kappa shape index (κ1) is 25.6. The number of benzene rings is 2. The van der Waals surface area contributed by atoms with Crippen LogP contribution in [0.4, 0.5) is 0 Å². The van der Waals surface area contributed by atoms with E-state index in [-0.39, 0.29) is 12.9 Å². The molecule has 184 valence electrons. The Kier molecular flexibility index (Phi) is 7.67. The lowest BCUT2D eigenvalue weighted by atomic mass is 10.0. The molecule has 12 heteroatoms. The third-order valence-electron chi connectivity index (χ3n) is 5.85. The summed E-state index contributed by atoms with van der Waals surface area (Å²) in [7, 11) is -3.74. The van der Waals surface area contributed by atoms with Crippen LogP contribution < -0.4 is 5.48 Å². The van der Waals surface area contributed by atoms with Crippen LogP contribution in [0.15, 0.2) is 67.1 Å². The SMILES string of the molecule is CC(CCn1ccc2cc(-c3ccc(-n4nccn4)cc3)ccc21)(C(=O)NO)S(C)(=O)=O.O=CO. The van der Waals surface area contributed by atoms with Gasteiger partial charge in [0.2, 0.25) is 0 Å². The molecule has 3 N–H and O–H groups in total. The van der Waals surface area contributed by atoms with E-state index in [1.807, 2.05) is 53.2 Å². The minimum absolute atomic E-state index is 0.0205. The van der Waals surface area contributed by atoms with E-state index in [0.717, 1.165) is 34.0 Å². The summed E-state index contributed by atoms with van der Waals surface area (Å²) in [6.07, 6.45) is 6.13. The molecule has 0 saturated heterocycles. The zero-order valence-electron chi connectivity index (χ0n) is 19.1. The smallest absolute Gasteiger partial charge is 0.290 e. The normalized spacial score (nSPS) is 12.9. The number of amides is 1. The highest BCUT2D eigenvalue weighted by molar-refractivity contribution is 7.92. The van der Waals surface area contributed by atoms with Crippen molar-refractivity contribution in [3.63, 3.8) is 0 Å². The van der Waals surface area contributed by atoms with Gasteiger partial charge in [0.1, 0.15) is 0 Å². The van der Waals surface area contributed by atoms with Gasteiger partial charge >= 0.3 is 0 Å². The second-order valence-corrected chi connectivity index (χ2v) is 10.4. The Morgan fingerprint density at radius 3 is 2.26 bits per heavy atom. The van der Waals surface area contributed by atoms with E-state index in [4.69, 9.17) is 15.1 Å². The van der Waals surface area contributed by atoms with Crippen LogP contribution in [0.2, 0.25) is 0 Å². The summed E-state index contributed by atoms with van der Waals surface area (Å²) in [5.41, 5.74) is 5.35. The van der Waals surface area contributed by atoms with Gasteiger partial charge in [0.05, 0.1) is 18.1 Å². The zero-order chi connectivity index (χ0) is 25.6. The second kappa shape index (κ2) is 10.5. The van der Waals surface area contributed by atoms with Crippen molar-refractivity contribution >= 4 is 33.1 Å². The third-order valence-corrected chi connectivity index (χ3v) is 7.88. The molecule has 2 aromatic carbocycles. The molecule has 0 aliphatic carbocycles. The molecule has 4 rings (SSSR count). The lowest BCUT2D eigenvalue weighted by molar-refractivity contribution is -0.131. The van der Waals surface area contributed by atoms with E-state index in [2.05, 4.69) is 16.3 Å². The van der Waals surface area contributed by atoms with Crippen molar-refractivity contribution in [2.24, 2.45) is 0 Å². The molecule has 0 spiro atoms. The van der Waals surface area contributed by atoms with Crippen LogP contribution in [0.3, 0.4) is 0 Å². The summed E-state index contributed by atoms with van der Waals surface area (Å²) < 4.78 is 24.5. The minimum atomic E-state index is -3.74. The topological polar surface area (TPSA) is 156 Å². The lowest BCUT2D eigenvalue weighted by Crippen LogP contribution is -2.49. The van der Waals surface area contributed by atoms with Crippen molar-refractivity contribution in [2.75, 3.05) is 6.26 Å². The van der Waals surface area contributed by atoms with E-state index >= 15 is 0 Å². The van der Waals surface area contributed by atoms with Crippen molar-refractivity contribution < 1.29 is 28.3 Å². The first-order chi connectivity index (χ1) is 16.6. The van der Waals surface area contributed by atoms with Crippen molar-refractivity contribution in [1.82, 2.24) is 25.0 Å². The van der Waals surface area contributed by atoms with E-state index < -0.39 is 20.5 Å². The number of carbonyl (C=O) groups is 2. The number of sulfone groups is 1. The average molecular weight is 500 g/mol. The number of carbonyl (C=O) groups excluding carboxylic acids is 1. The predicted octanol–water partition coefficient (Wildman–Crippen LogP) is 2.29. The number of carboxylic acid groups (broad SMARTS) is 1. The first-order valence-corrected chi connectivity index (χ1v) is 12.3. The van der Waals surface area contributed by atoms with Gasteiger partial charge in [-0.2, -0.15) is 15.0 Å². The molecule has 0 fully saturated rings. The Morgan fingerprint density at radius 1 is 1.09 bits per heavy atom. The van der Waals surface area contributed by atoms with E-state index in [9.17, 15) is 13.2 Å². The summed E-state index contributed by atoms with van der Waals surface area (Å²) in [5.74, 6) is -0.937. The van der Waals surface area contributed by atoms with Crippen LogP contribution in [0.25, 0.3) is 27.7 Å². The maximum Gasteiger partial charge on any atom is 0.290 e. The molecular formula is C23H25N5O6S. The molecular weight excluding hydrogens is 474 g/mol. The van der Waals surface area contributed by atoms with Gasteiger partial charge in [-0.15, -0.1) is 0 Å². The summed E-state index contributed by atoms with van der Waals surface area (Å²) in [6.45, 7) is 1.37. The molecule has 0 bridgehead atoms. The molecule has 11 nitrogen and oxygen atoms in total. The van der Waals surface area contributed by atoms with Gasteiger partial charge < -0.3 is 9.67 Å². The highest BCUT2D eigenvalue weighted by atomic mass is 32.2. The molecule has 1 atom stereocenters. The number of aromatic nitrogens is 4. The molecule has 0 aliphatic rings.